The summed E-state index contributed by atoms with van der Waals surface area (Å²) in [5, 5.41) is 11.8. The van der Waals surface area contributed by atoms with Crippen molar-refractivity contribution in [1.82, 2.24) is 4.98 Å². The highest BCUT2D eigenvalue weighted by molar-refractivity contribution is 6.03. The first kappa shape index (κ1) is 6.34. The minimum Gasteiger partial charge on any atom is -0.411 e. The lowest BCUT2D eigenvalue weighted by molar-refractivity contribution is 0.318. The van der Waals surface area contributed by atoms with Gasteiger partial charge in [-0.15, -0.1) is 0 Å². The quantitative estimate of drug-likeness (QED) is 0.444. The highest BCUT2D eigenvalue weighted by Gasteiger charge is 2.17. The first-order valence-corrected chi connectivity index (χ1v) is 3.56. The second kappa shape index (κ2) is 2.34. The van der Waals surface area contributed by atoms with E-state index in [2.05, 4.69) is 10.1 Å². The lowest BCUT2D eigenvalue weighted by Gasteiger charge is -1.94. The van der Waals surface area contributed by atoms with Gasteiger partial charge in [-0.1, -0.05) is 5.16 Å². The first-order valence-electron chi connectivity index (χ1n) is 3.56. The molecule has 1 aromatic heterocycles. The van der Waals surface area contributed by atoms with Crippen LogP contribution >= 0.6 is 0 Å². The number of pyridine rings is 1. The zero-order valence-corrected chi connectivity index (χ0v) is 5.99. The SMILES string of the molecule is O/N=C1/CCc2ccncc21. The molecule has 1 heterocycles. The molecule has 0 aliphatic heterocycles. The molecule has 0 saturated heterocycles. The molecule has 3 heteroatoms. The van der Waals surface area contributed by atoms with Crippen LogP contribution in [0.3, 0.4) is 0 Å². The predicted molar refractivity (Wildman–Crippen MR) is 40.9 cm³/mol. The van der Waals surface area contributed by atoms with Gasteiger partial charge < -0.3 is 5.21 Å². The van der Waals surface area contributed by atoms with E-state index in [4.69, 9.17) is 5.21 Å². The highest BCUT2D eigenvalue weighted by atomic mass is 16.4. The summed E-state index contributed by atoms with van der Waals surface area (Å²) in [6, 6.07) is 1.97. The zero-order chi connectivity index (χ0) is 7.68. The molecule has 0 atom stereocenters. The van der Waals surface area contributed by atoms with Crippen LogP contribution in [0.4, 0.5) is 0 Å². The molecule has 11 heavy (non-hydrogen) atoms. The third-order valence-corrected chi connectivity index (χ3v) is 1.97. The van der Waals surface area contributed by atoms with Gasteiger partial charge in [0.05, 0.1) is 5.71 Å². The van der Waals surface area contributed by atoms with Gasteiger partial charge in [0, 0.05) is 18.0 Å². The first-order chi connectivity index (χ1) is 5.42. The molecular formula is C8H8N2O. The molecular weight excluding hydrogens is 140 g/mol. The van der Waals surface area contributed by atoms with E-state index in [9.17, 15) is 0 Å². The van der Waals surface area contributed by atoms with Crippen LogP contribution in [0, 0.1) is 0 Å². The molecule has 1 N–H and O–H groups in total. The van der Waals surface area contributed by atoms with E-state index in [1.807, 2.05) is 6.07 Å². The van der Waals surface area contributed by atoms with Crippen LogP contribution in [0.15, 0.2) is 23.6 Å². The van der Waals surface area contributed by atoms with Gasteiger partial charge in [0.25, 0.3) is 0 Å². The van der Waals surface area contributed by atoms with Gasteiger partial charge >= 0.3 is 0 Å². The van der Waals surface area contributed by atoms with Crippen molar-refractivity contribution in [2.75, 3.05) is 0 Å². The number of nitrogens with zero attached hydrogens (tertiary/aromatic N) is 2. The van der Waals surface area contributed by atoms with Crippen molar-refractivity contribution in [2.24, 2.45) is 5.16 Å². The Bertz CT molecular complexity index is 307. The van der Waals surface area contributed by atoms with E-state index >= 15 is 0 Å². The van der Waals surface area contributed by atoms with Gasteiger partial charge in [-0.3, -0.25) is 4.98 Å². The fourth-order valence-corrected chi connectivity index (χ4v) is 1.39. The number of fused-ring (bicyclic) bond motifs is 1. The van der Waals surface area contributed by atoms with Gasteiger partial charge in [0.1, 0.15) is 0 Å². The van der Waals surface area contributed by atoms with Gasteiger partial charge in [0.15, 0.2) is 0 Å². The smallest absolute Gasteiger partial charge is 0.0889 e. The summed E-state index contributed by atoms with van der Waals surface area (Å²) >= 11 is 0. The summed E-state index contributed by atoms with van der Waals surface area (Å²) in [6.07, 6.45) is 5.31. The van der Waals surface area contributed by atoms with Crippen molar-refractivity contribution >= 4 is 5.71 Å². The third kappa shape index (κ3) is 0.888. The molecule has 3 nitrogen and oxygen atoms in total. The van der Waals surface area contributed by atoms with E-state index in [1.54, 1.807) is 12.4 Å². The second-order valence-corrected chi connectivity index (χ2v) is 2.58. The molecule has 0 amide bonds. The average molecular weight is 148 g/mol. The summed E-state index contributed by atoms with van der Waals surface area (Å²) in [4.78, 5) is 3.96. The van der Waals surface area contributed by atoms with Crippen molar-refractivity contribution in [2.45, 2.75) is 12.8 Å². The molecule has 56 valence electrons. The molecule has 0 unspecified atom stereocenters. The van der Waals surface area contributed by atoms with Crippen LogP contribution in [0.25, 0.3) is 0 Å². The Morgan fingerprint density at radius 3 is 3.18 bits per heavy atom. The van der Waals surface area contributed by atoms with Crippen molar-refractivity contribution in [3.63, 3.8) is 0 Å². The Labute approximate surface area is 64.4 Å². The summed E-state index contributed by atoms with van der Waals surface area (Å²) in [6.45, 7) is 0. The molecule has 0 radical (unpaired) electrons. The Morgan fingerprint density at radius 1 is 1.45 bits per heavy atom. The van der Waals surface area contributed by atoms with Crippen LogP contribution in [-0.4, -0.2) is 15.9 Å². The third-order valence-electron chi connectivity index (χ3n) is 1.97. The van der Waals surface area contributed by atoms with Gasteiger partial charge in [-0.25, -0.2) is 0 Å². The topological polar surface area (TPSA) is 45.5 Å². The maximum Gasteiger partial charge on any atom is 0.0889 e. The van der Waals surface area contributed by atoms with Crippen molar-refractivity contribution in [3.05, 3.63) is 29.6 Å². The number of hydrogen-bond donors (Lipinski definition) is 1. The van der Waals surface area contributed by atoms with Crippen LogP contribution in [0.2, 0.25) is 0 Å². The average Bonchev–Trinajstić information content (AvgIpc) is 2.47. The van der Waals surface area contributed by atoms with Gasteiger partial charge in [-0.2, -0.15) is 0 Å². The normalized spacial score (nSPS) is 18.7. The van der Waals surface area contributed by atoms with E-state index in [1.165, 1.54) is 5.56 Å². The molecule has 0 spiro atoms. The second-order valence-electron chi connectivity index (χ2n) is 2.58. The molecule has 1 aromatic rings. The molecule has 0 saturated carbocycles. The van der Waals surface area contributed by atoms with Crippen LogP contribution in [-0.2, 0) is 6.42 Å². The number of aryl methyl sites for hydroxylation is 1. The van der Waals surface area contributed by atoms with Gasteiger partial charge in [-0.05, 0) is 24.5 Å². The minimum absolute atomic E-state index is 0.758. The van der Waals surface area contributed by atoms with Crippen LogP contribution < -0.4 is 0 Å². The molecule has 1 aliphatic carbocycles. The van der Waals surface area contributed by atoms with Crippen LogP contribution in [0.5, 0.6) is 0 Å². The number of rotatable bonds is 0. The summed E-state index contributed by atoms with van der Waals surface area (Å²) < 4.78 is 0. The molecule has 1 aliphatic rings. The lowest BCUT2D eigenvalue weighted by atomic mass is 10.2. The number of aromatic nitrogens is 1. The Kier molecular flexibility index (Phi) is 1.35. The monoisotopic (exact) mass is 148 g/mol. The fraction of sp³-hybridized carbons (Fsp3) is 0.250. The molecule has 2 rings (SSSR count). The summed E-state index contributed by atoms with van der Waals surface area (Å²) in [7, 11) is 0. The summed E-state index contributed by atoms with van der Waals surface area (Å²) in [5.41, 5.74) is 2.98. The van der Waals surface area contributed by atoms with E-state index in [-0.39, 0.29) is 0 Å². The number of hydrogen-bond acceptors (Lipinski definition) is 3. The highest BCUT2D eigenvalue weighted by Crippen LogP contribution is 2.20. The zero-order valence-electron chi connectivity index (χ0n) is 5.99. The Balaban J connectivity index is 2.55. The van der Waals surface area contributed by atoms with Crippen molar-refractivity contribution in [1.29, 1.82) is 0 Å². The van der Waals surface area contributed by atoms with Crippen LogP contribution in [0.1, 0.15) is 17.5 Å². The minimum atomic E-state index is 0.758. The maximum atomic E-state index is 8.57. The largest absolute Gasteiger partial charge is 0.411 e. The Morgan fingerprint density at radius 2 is 2.36 bits per heavy atom. The lowest BCUT2D eigenvalue weighted by Crippen LogP contribution is -1.93. The van der Waals surface area contributed by atoms with Crippen molar-refractivity contribution in [3.8, 4) is 0 Å². The molecule has 0 bridgehead atoms. The van der Waals surface area contributed by atoms with E-state index in [0.29, 0.717) is 0 Å². The fourth-order valence-electron chi connectivity index (χ4n) is 1.39. The molecule has 0 fully saturated rings. The predicted octanol–water partition coefficient (Wildman–Crippen LogP) is 1.21. The Hall–Kier alpha value is -1.38. The van der Waals surface area contributed by atoms with E-state index in [0.717, 1.165) is 24.1 Å². The van der Waals surface area contributed by atoms with Crippen molar-refractivity contribution < 1.29 is 5.21 Å². The maximum absolute atomic E-state index is 8.57. The summed E-state index contributed by atoms with van der Waals surface area (Å²) in [5.74, 6) is 0. The molecule has 0 aromatic carbocycles. The van der Waals surface area contributed by atoms with Gasteiger partial charge in [0.2, 0.25) is 0 Å². The standard InChI is InChI=1S/C8H8N2O/c11-10-8-2-1-6-3-4-9-5-7(6)8/h3-5,11H,1-2H2/b10-8-. The number of oxime groups is 1. The van der Waals surface area contributed by atoms with E-state index < -0.39 is 0 Å².